The Labute approximate surface area is 80.8 Å². The minimum absolute atomic E-state index is 0.569. The number of hydrogen-bond acceptors (Lipinski definition) is 2. The van der Waals surface area contributed by atoms with Gasteiger partial charge in [0.1, 0.15) is 0 Å². The van der Waals surface area contributed by atoms with Crippen LogP contribution in [0, 0.1) is 17.2 Å². The van der Waals surface area contributed by atoms with Gasteiger partial charge in [-0.3, -0.25) is 4.90 Å². The third-order valence-electron chi connectivity index (χ3n) is 2.68. The van der Waals surface area contributed by atoms with Gasteiger partial charge in [-0.05, 0) is 12.3 Å². The van der Waals surface area contributed by atoms with Crippen LogP contribution in [0.5, 0.6) is 0 Å². The normalized spacial score (nSPS) is 18.4. The fourth-order valence-electron chi connectivity index (χ4n) is 1.92. The first-order valence-electron chi connectivity index (χ1n) is 4.99. The molecule has 13 heavy (non-hydrogen) atoms. The van der Waals surface area contributed by atoms with Crippen molar-refractivity contribution in [2.24, 2.45) is 5.92 Å². The molecule has 0 spiro atoms. The van der Waals surface area contributed by atoms with Gasteiger partial charge in [0, 0.05) is 13.1 Å². The highest BCUT2D eigenvalue weighted by Crippen LogP contribution is 2.25. The molecule has 0 N–H and O–H groups in total. The van der Waals surface area contributed by atoms with E-state index in [1.165, 1.54) is 0 Å². The van der Waals surface area contributed by atoms with E-state index >= 15 is 0 Å². The standard InChI is InChI=1S/C11H18N2/c1-4-10-7-13(6-5-12)8-11(10)9(2)3/h9H,4,6-8H2,1-3H3. The van der Waals surface area contributed by atoms with E-state index in [2.05, 4.69) is 31.7 Å². The van der Waals surface area contributed by atoms with Gasteiger partial charge in [0.05, 0.1) is 12.6 Å². The first-order chi connectivity index (χ1) is 6.19. The lowest BCUT2D eigenvalue weighted by molar-refractivity contribution is 0.380. The molecule has 0 aromatic carbocycles. The average Bonchev–Trinajstić information content (AvgIpc) is 2.48. The average molecular weight is 178 g/mol. The van der Waals surface area contributed by atoms with Crippen molar-refractivity contribution in [2.75, 3.05) is 19.6 Å². The van der Waals surface area contributed by atoms with Gasteiger partial charge >= 0.3 is 0 Å². The Morgan fingerprint density at radius 1 is 1.46 bits per heavy atom. The van der Waals surface area contributed by atoms with Crippen LogP contribution in [0.4, 0.5) is 0 Å². The maximum absolute atomic E-state index is 8.60. The zero-order chi connectivity index (χ0) is 9.84. The summed E-state index contributed by atoms with van der Waals surface area (Å²) < 4.78 is 0. The fourth-order valence-corrected chi connectivity index (χ4v) is 1.92. The van der Waals surface area contributed by atoms with E-state index < -0.39 is 0 Å². The Kier molecular flexibility index (Phi) is 3.50. The van der Waals surface area contributed by atoms with E-state index in [1.54, 1.807) is 11.1 Å². The maximum atomic E-state index is 8.60. The Hall–Kier alpha value is -0.810. The molecule has 0 bridgehead atoms. The van der Waals surface area contributed by atoms with Crippen molar-refractivity contribution in [3.05, 3.63) is 11.1 Å². The molecular weight excluding hydrogens is 160 g/mol. The molecule has 0 fully saturated rings. The third kappa shape index (κ3) is 2.32. The van der Waals surface area contributed by atoms with Crippen LogP contribution in [0.25, 0.3) is 0 Å². The van der Waals surface area contributed by atoms with E-state index in [1.807, 2.05) is 0 Å². The molecule has 0 saturated carbocycles. The van der Waals surface area contributed by atoms with Crippen LogP contribution in [0.1, 0.15) is 27.2 Å². The lowest BCUT2D eigenvalue weighted by atomic mass is 9.99. The molecule has 0 unspecified atom stereocenters. The molecular formula is C11H18N2. The molecule has 2 heteroatoms. The van der Waals surface area contributed by atoms with Gasteiger partial charge in [0.15, 0.2) is 0 Å². The van der Waals surface area contributed by atoms with Crippen molar-refractivity contribution in [3.8, 4) is 6.07 Å². The number of nitrogens with zero attached hydrogens (tertiary/aromatic N) is 2. The first kappa shape index (κ1) is 10.3. The predicted octanol–water partition coefficient (Wildman–Crippen LogP) is 2.19. The van der Waals surface area contributed by atoms with E-state index in [4.69, 9.17) is 5.26 Å². The van der Waals surface area contributed by atoms with Gasteiger partial charge in [-0.2, -0.15) is 5.26 Å². The van der Waals surface area contributed by atoms with Crippen LogP contribution in [0.15, 0.2) is 11.1 Å². The summed E-state index contributed by atoms with van der Waals surface area (Å²) >= 11 is 0. The molecule has 1 aliphatic heterocycles. The number of rotatable bonds is 3. The number of hydrogen-bond donors (Lipinski definition) is 0. The summed E-state index contributed by atoms with van der Waals surface area (Å²) in [4.78, 5) is 2.22. The lowest BCUT2D eigenvalue weighted by Crippen LogP contribution is -2.22. The summed E-state index contributed by atoms with van der Waals surface area (Å²) in [6, 6.07) is 2.21. The third-order valence-corrected chi connectivity index (χ3v) is 2.68. The smallest absolute Gasteiger partial charge is 0.0871 e. The minimum atomic E-state index is 0.569. The van der Waals surface area contributed by atoms with Crippen molar-refractivity contribution < 1.29 is 0 Å². The van der Waals surface area contributed by atoms with E-state index in [-0.39, 0.29) is 0 Å². The summed E-state index contributed by atoms with van der Waals surface area (Å²) in [5.74, 6) is 0.638. The highest BCUT2D eigenvalue weighted by molar-refractivity contribution is 5.24. The van der Waals surface area contributed by atoms with Crippen LogP contribution in [0.2, 0.25) is 0 Å². The fraction of sp³-hybridized carbons (Fsp3) is 0.727. The van der Waals surface area contributed by atoms with Gasteiger partial charge in [-0.25, -0.2) is 0 Å². The highest BCUT2D eigenvalue weighted by Gasteiger charge is 2.21. The van der Waals surface area contributed by atoms with E-state index in [0.29, 0.717) is 12.5 Å². The summed E-state index contributed by atoms with van der Waals surface area (Å²) in [5, 5.41) is 8.60. The Morgan fingerprint density at radius 2 is 2.15 bits per heavy atom. The molecule has 1 rings (SSSR count). The van der Waals surface area contributed by atoms with Crippen LogP contribution >= 0.6 is 0 Å². The molecule has 0 radical (unpaired) electrons. The Bertz CT molecular complexity index is 245. The Balaban J connectivity index is 2.64. The monoisotopic (exact) mass is 178 g/mol. The van der Waals surface area contributed by atoms with Crippen molar-refractivity contribution in [1.29, 1.82) is 5.26 Å². The summed E-state index contributed by atoms with van der Waals surface area (Å²) in [6.07, 6.45) is 1.13. The molecule has 0 amide bonds. The maximum Gasteiger partial charge on any atom is 0.0871 e. The molecule has 72 valence electrons. The zero-order valence-electron chi connectivity index (χ0n) is 8.80. The van der Waals surface area contributed by atoms with Crippen LogP contribution < -0.4 is 0 Å². The molecule has 0 aliphatic carbocycles. The summed E-state index contributed by atoms with van der Waals surface area (Å²) in [7, 11) is 0. The van der Waals surface area contributed by atoms with Gasteiger partial charge in [-0.15, -0.1) is 0 Å². The molecule has 2 nitrogen and oxygen atoms in total. The molecule has 1 aliphatic rings. The van der Waals surface area contributed by atoms with Crippen LogP contribution in [0.3, 0.4) is 0 Å². The van der Waals surface area contributed by atoms with Crippen molar-refractivity contribution in [3.63, 3.8) is 0 Å². The first-order valence-corrected chi connectivity index (χ1v) is 4.99. The van der Waals surface area contributed by atoms with Crippen molar-refractivity contribution in [2.45, 2.75) is 27.2 Å². The van der Waals surface area contributed by atoms with Gasteiger partial charge in [-0.1, -0.05) is 31.9 Å². The summed E-state index contributed by atoms with van der Waals surface area (Å²) in [6.45, 7) is 9.26. The van der Waals surface area contributed by atoms with Gasteiger partial charge in [0.25, 0.3) is 0 Å². The minimum Gasteiger partial charge on any atom is -0.283 e. The number of nitriles is 1. The SMILES string of the molecule is CCC1=C(C(C)C)CN(CC#N)C1. The van der Waals surface area contributed by atoms with Gasteiger partial charge < -0.3 is 0 Å². The molecule has 0 saturated heterocycles. The topological polar surface area (TPSA) is 27.0 Å². The molecule has 0 atom stereocenters. The largest absolute Gasteiger partial charge is 0.283 e. The van der Waals surface area contributed by atoms with Crippen molar-refractivity contribution >= 4 is 0 Å². The molecule has 0 aromatic rings. The summed E-state index contributed by atoms with van der Waals surface area (Å²) in [5.41, 5.74) is 3.10. The molecule has 1 heterocycles. The highest BCUT2D eigenvalue weighted by atomic mass is 15.1. The molecule has 0 aromatic heterocycles. The van der Waals surface area contributed by atoms with Crippen LogP contribution in [-0.4, -0.2) is 24.5 Å². The zero-order valence-corrected chi connectivity index (χ0v) is 8.80. The quantitative estimate of drug-likeness (QED) is 0.489. The lowest BCUT2D eigenvalue weighted by Gasteiger charge is -2.11. The van der Waals surface area contributed by atoms with E-state index in [0.717, 1.165) is 19.5 Å². The predicted molar refractivity (Wildman–Crippen MR) is 54.2 cm³/mol. The second-order valence-corrected chi connectivity index (χ2v) is 3.94. The Morgan fingerprint density at radius 3 is 2.54 bits per heavy atom. The van der Waals surface area contributed by atoms with Gasteiger partial charge in [0.2, 0.25) is 0 Å². The van der Waals surface area contributed by atoms with Crippen molar-refractivity contribution in [1.82, 2.24) is 4.90 Å². The second-order valence-electron chi connectivity index (χ2n) is 3.94. The van der Waals surface area contributed by atoms with E-state index in [9.17, 15) is 0 Å². The van der Waals surface area contributed by atoms with Crippen LogP contribution in [-0.2, 0) is 0 Å². The second kappa shape index (κ2) is 4.43.